The van der Waals surface area contributed by atoms with E-state index in [4.69, 9.17) is 0 Å². The third-order valence-electron chi connectivity index (χ3n) is 0.654. The van der Waals surface area contributed by atoms with Gasteiger partial charge in [0.1, 0.15) is 0 Å². The Labute approximate surface area is 59.6 Å². The highest BCUT2D eigenvalue weighted by atomic mass is 32.2. The first-order valence-corrected chi connectivity index (χ1v) is 3.87. The van der Waals surface area contributed by atoms with E-state index in [1.807, 2.05) is 0 Å². The van der Waals surface area contributed by atoms with E-state index in [2.05, 4.69) is 10.8 Å². The summed E-state index contributed by atoms with van der Waals surface area (Å²) in [5.74, 6) is -0.858. The Kier molecular flexibility index (Phi) is 2.59. The summed E-state index contributed by atoms with van der Waals surface area (Å²) in [6.07, 6.45) is 0. The monoisotopic (exact) mass is 164 g/mol. The maximum atomic E-state index is 10.6. The normalized spacial score (nSPS) is 10.6. The number of carbonyl (C=O) groups is 1. The predicted molar refractivity (Wildman–Crippen MR) is 35.5 cm³/mol. The molecule has 0 unspecified atom stereocenters. The fraction of sp³-hybridized carbons (Fsp3) is 0.400. The van der Waals surface area contributed by atoms with E-state index in [-0.39, 0.29) is 4.91 Å². The smallest absolute Gasteiger partial charge is 0.336 e. The summed E-state index contributed by atoms with van der Waals surface area (Å²) in [6, 6.07) is 0. The van der Waals surface area contributed by atoms with Crippen molar-refractivity contribution in [1.82, 2.24) is 0 Å². The SMILES string of the molecule is C=C(C)S(=O)(=O)OC(C)=O. The minimum atomic E-state index is -3.84. The van der Waals surface area contributed by atoms with Crippen LogP contribution in [0.3, 0.4) is 0 Å². The molecule has 0 aliphatic carbocycles. The largest absolute Gasteiger partial charge is 0.343 e. The van der Waals surface area contributed by atoms with Gasteiger partial charge in [0.15, 0.2) is 0 Å². The lowest BCUT2D eigenvalue weighted by Gasteiger charge is -1.99. The molecule has 0 aromatic rings. The molecule has 0 spiro atoms. The van der Waals surface area contributed by atoms with Gasteiger partial charge >= 0.3 is 16.1 Å². The molecule has 0 aromatic carbocycles. The Morgan fingerprint density at radius 2 is 1.80 bits per heavy atom. The predicted octanol–water partition coefficient (Wildman–Crippen LogP) is 0.413. The summed E-state index contributed by atoms with van der Waals surface area (Å²) in [4.78, 5) is 9.94. The van der Waals surface area contributed by atoms with Crippen LogP contribution in [0.15, 0.2) is 11.5 Å². The van der Waals surface area contributed by atoms with Crippen LogP contribution in [0, 0.1) is 0 Å². The van der Waals surface area contributed by atoms with Crippen LogP contribution in [0.25, 0.3) is 0 Å². The van der Waals surface area contributed by atoms with Gasteiger partial charge in [-0.3, -0.25) is 4.79 Å². The van der Waals surface area contributed by atoms with Crippen LogP contribution in [0.5, 0.6) is 0 Å². The van der Waals surface area contributed by atoms with Crippen LogP contribution in [0.1, 0.15) is 13.8 Å². The molecular formula is C5H8O4S. The Morgan fingerprint density at radius 1 is 1.40 bits per heavy atom. The van der Waals surface area contributed by atoms with Crippen LogP contribution in [0.2, 0.25) is 0 Å². The van der Waals surface area contributed by atoms with Gasteiger partial charge in [0.2, 0.25) is 0 Å². The third kappa shape index (κ3) is 2.63. The van der Waals surface area contributed by atoms with Crippen molar-refractivity contribution in [3.8, 4) is 0 Å². The van der Waals surface area contributed by atoms with Gasteiger partial charge in [0, 0.05) is 6.92 Å². The molecule has 0 amide bonds. The van der Waals surface area contributed by atoms with Crippen molar-refractivity contribution in [1.29, 1.82) is 0 Å². The van der Waals surface area contributed by atoms with E-state index in [0.29, 0.717) is 0 Å². The summed E-state index contributed by atoms with van der Waals surface area (Å²) in [5.41, 5.74) is 0. The van der Waals surface area contributed by atoms with Gasteiger partial charge < -0.3 is 4.18 Å². The molecule has 0 aromatic heterocycles. The maximum absolute atomic E-state index is 10.6. The van der Waals surface area contributed by atoms with Gasteiger partial charge in [-0.25, -0.2) is 0 Å². The number of hydrogen-bond donors (Lipinski definition) is 0. The topological polar surface area (TPSA) is 60.4 Å². The summed E-state index contributed by atoms with van der Waals surface area (Å²) < 4.78 is 25.1. The van der Waals surface area contributed by atoms with Crippen LogP contribution in [0.4, 0.5) is 0 Å². The highest BCUT2D eigenvalue weighted by molar-refractivity contribution is 7.91. The molecule has 0 N–H and O–H groups in total. The van der Waals surface area contributed by atoms with Crippen molar-refractivity contribution in [2.24, 2.45) is 0 Å². The van der Waals surface area contributed by atoms with Crippen molar-refractivity contribution in [2.75, 3.05) is 0 Å². The van der Waals surface area contributed by atoms with Gasteiger partial charge in [0.05, 0.1) is 4.91 Å². The third-order valence-corrected chi connectivity index (χ3v) is 1.96. The molecule has 0 saturated heterocycles. The lowest BCUT2D eigenvalue weighted by atomic mass is 10.8. The number of rotatable bonds is 2. The number of carbonyl (C=O) groups excluding carboxylic acids is 1. The molecule has 0 rings (SSSR count). The van der Waals surface area contributed by atoms with E-state index in [1.165, 1.54) is 6.92 Å². The van der Waals surface area contributed by atoms with Gasteiger partial charge in [0.25, 0.3) is 0 Å². The Hall–Kier alpha value is -0.840. The van der Waals surface area contributed by atoms with Crippen LogP contribution < -0.4 is 0 Å². The summed E-state index contributed by atoms with van der Waals surface area (Å²) in [5, 5.41) is 0. The van der Waals surface area contributed by atoms with Gasteiger partial charge in [-0.05, 0) is 6.92 Å². The summed E-state index contributed by atoms with van der Waals surface area (Å²) in [7, 11) is -3.84. The van der Waals surface area contributed by atoms with Crippen molar-refractivity contribution < 1.29 is 17.4 Å². The zero-order valence-electron chi connectivity index (χ0n) is 5.75. The second-order valence-corrected chi connectivity index (χ2v) is 3.50. The minimum Gasteiger partial charge on any atom is -0.343 e. The molecule has 0 aliphatic rings. The molecule has 0 atom stereocenters. The molecule has 0 radical (unpaired) electrons. The van der Waals surface area contributed by atoms with Crippen molar-refractivity contribution in [2.45, 2.75) is 13.8 Å². The highest BCUT2D eigenvalue weighted by Crippen LogP contribution is 2.04. The summed E-state index contributed by atoms with van der Waals surface area (Å²) >= 11 is 0. The van der Waals surface area contributed by atoms with Crippen molar-refractivity contribution in [3.63, 3.8) is 0 Å². The standard InChI is InChI=1S/C5H8O4S/c1-4(2)10(7,8)9-5(3)6/h1H2,2-3H3. The molecule has 0 bridgehead atoms. The highest BCUT2D eigenvalue weighted by Gasteiger charge is 2.14. The Balaban J connectivity index is 4.46. The molecule has 4 nitrogen and oxygen atoms in total. The van der Waals surface area contributed by atoms with E-state index < -0.39 is 16.1 Å². The number of allylic oxidation sites excluding steroid dienone is 1. The molecule has 0 saturated carbocycles. The lowest BCUT2D eigenvalue weighted by molar-refractivity contribution is -0.131. The molecule has 0 heterocycles. The Morgan fingerprint density at radius 3 is 1.90 bits per heavy atom. The Bertz CT molecular complexity index is 249. The first-order valence-electron chi connectivity index (χ1n) is 2.47. The summed E-state index contributed by atoms with van der Waals surface area (Å²) in [6.45, 7) is 5.38. The quantitative estimate of drug-likeness (QED) is 0.555. The zero-order chi connectivity index (χ0) is 8.36. The van der Waals surface area contributed by atoms with Crippen molar-refractivity contribution in [3.05, 3.63) is 11.5 Å². The second kappa shape index (κ2) is 2.83. The molecule has 0 aliphatic heterocycles. The second-order valence-electron chi connectivity index (χ2n) is 1.73. The van der Waals surface area contributed by atoms with E-state index in [1.54, 1.807) is 0 Å². The lowest BCUT2D eigenvalue weighted by Crippen LogP contribution is -2.09. The fourth-order valence-corrected chi connectivity index (χ4v) is 0.677. The van der Waals surface area contributed by atoms with E-state index in [0.717, 1.165) is 6.92 Å². The van der Waals surface area contributed by atoms with E-state index >= 15 is 0 Å². The fourth-order valence-electron chi connectivity index (χ4n) is 0.226. The molecule has 10 heavy (non-hydrogen) atoms. The van der Waals surface area contributed by atoms with Crippen LogP contribution >= 0.6 is 0 Å². The van der Waals surface area contributed by atoms with E-state index in [9.17, 15) is 13.2 Å². The molecule has 0 fully saturated rings. The average molecular weight is 164 g/mol. The van der Waals surface area contributed by atoms with Gasteiger partial charge in [-0.2, -0.15) is 8.42 Å². The van der Waals surface area contributed by atoms with Gasteiger partial charge in [-0.1, -0.05) is 6.58 Å². The van der Waals surface area contributed by atoms with Gasteiger partial charge in [-0.15, -0.1) is 0 Å². The zero-order valence-corrected chi connectivity index (χ0v) is 6.56. The van der Waals surface area contributed by atoms with Crippen LogP contribution in [-0.4, -0.2) is 14.4 Å². The van der Waals surface area contributed by atoms with Crippen molar-refractivity contribution >= 4 is 16.1 Å². The minimum absolute atomic E-state index is 0.178. The molecule has 5 heteroatoms. The molecule has 58 valence electrons. The average Bonchev–Trinajstić information content (AvgIpc) is 1.60. The number of hydrogen-bond acceptors (Lipinski definition) is 4. The first-order chi connectivity index (χ1) is 4.36. The first kappa shape index (κ1) is 9.16. The molecular weight excluding hydrogens is 156 g/mol. The maximum Gasteiger partial charge on any atom is 0.336 e. The van der Waals surface area contributed by atoms with Crippen LogP contribution in [-0.2, 0) is 19.1 Å².